The standard InChI is InChI=1S/C76H126O6/c1-4-7-10-13-16-18-20-22-24-26-28-30-32-34-35-36-37-38-39-40-41-43-44-46-48-50-52-54-56-58-60-63-66-69-75(78)81-72-73(71-80-74(77)68-65-62-15-12-9-6-3)82-76(79)70-67-64-61-59-57-55-53-51-49-47-45-42-33-31-29-27-25-23-21-19-17-14-11-8-5-2/h7-8,10-11,16-19,22-25,28-31,34-35,42,45,49,51,73H,4-6,9,12-15,20-21,26-27,32-33,36-41,43-44,46-48,50,52-72H2,1-3H3/b10-7-,11-8-,18-16-,19-17-,24-22-,25-23-,30-28-,31-29-,35-34-,45-42-,51-49-. The van der Waals surface area contributed by atoms with Crippen LogP contribution < -0.4 is 0 Å². The molecular formula is C76H126O6. The van der Waals surface area contributed by atoms with E-state index in [4.69, 9.17) is 14.2 Å². The van der Waals surface area contributed by atoms with Crippen LogP contribution in [0.5, 0.6) is 0 Å². The number of carbonyl (C=O) groups excluding carboxylic acids is 3. The lowest BCUT2D eigenvalue weighted by Crippen LogP contribution is -2.30. The molecule has 82 heavy (non-hydrogen) atoms. The highest BCUT2D eigenvalue weighted by Gasteiger charge is 2.19. The van der Waals surface area contributed by atoms with Gasteiger partial charge in [0.15, 0.2) is 6.10 Å². The zero-order valence-electron chi connectivity index (χ0n) is 53.5. The van der Waals surface area contributed by atoms with Gasteiger partial charge in [-0.15, -0.1) is 0 Å². The summed E-state index contributed by atoms with van der Waals surface area (Å²) in [6.45, 7) is 6.36. The van der Waals surface area contributed by atoms with Gasteiger partial charge in [0, 0.05) is 19.3 Å². The normalized spacial score (nSPS) is 13.0. The van der Waals surface area contributed by atoms with Crippen molar-refractivity contribution in [2.24, 2.45) is 0 Å². The molecule has 6 nitrogen and oxygen atoms in total. The first kappa shape index (κ1) is 77.5. The third kappa shape index (κ3) is 66.4. The summed E-state index contributed by atoms with van der Waals surface area (Å²) in [5.41, 5.74) is 0. The molecule has 0 aromatic carbocycles. The van der Waals surface area contributed by atoms with Crippen molar-refractivity contribution in [1.82, 2.24) is 0 Å². The van der Waals surface area contributed by atoms with E-state index in [-0.39, 0.29) is 31.1 Å². The molecule has 0 aromatic rings. The molecule has 0 saturated heterocycles. The molecule has 6 heteroatoms. The summed E-state index contributed by atoms with van der Waals surface area (Å²) in [4.78, 5) is 38.1. The van der Waals surface area contributed by atoms with E-state index in [1.165, 1.54) is 128 Å². The highest BCUT2D eigenvalue weighted by atomic mass is 16.6. The van der Waals surface area contributed by atoms with Crippen LogP contribution in [0.2, 0.25) is 0 Å². The Bertz CT molecular complexity index is 1730. The van der Waals surface area contributed by atoms with Crippen molar-refractivity contribution >= 4 is 17.9 Å². The van der Waals surface area contributed by atoms with Gasteiger partial charge in [-0.05, 0) is 116 Å². The van der Waals surface area contributed by atoms with Crippen LogP contribution in [0.25, 0.3) is 0 Å². The Hall–Kier alpha value is -4.45. The molecule has 0 aliphatic rings. The fourth-order valence-corrected chi connectivity index (χ4v) is 9.36. The SMILES string of the molecule is CC/C=C\C/C=C\C/C=C\C/C=C\C/C=C\C/C=C\CCCCCCCCC(=O)OC(COC(=O)CCCCCCCC)COC(=O)CCCCCCCCCCCCCCCCCCC/C=C\C/C=C\C/C=C\C/C=C\C/C=C\CC. The highest BCUT2D eigenvalue weighted by molar-refractivity contribution is 5.71. The molecule has 0 saturated carbocycles. The van der Waals surface area contributed by atoms with E-state index in [0.29, 0.717) is 19.3 Å². The Kier molecular flexibility index (Phi) is 65.3. The lowest BCUT2D eigenvalue weighted by atomic mass is 10.0. The number of hydrogen-bond donors (Lipinski definition) is 0. The van der Waals surface area contributed by atoms with Crippen LogP contribution in [0.1, 0.15) is 310 Å². The predicted octanol–water partition coefficient (Wildman–Crippen LogP) is 23.7. The van der Waals surface area contributed by atoms with Crippen LogP contribution >= 0.6 is 0 Å². The molecule has 0 aliphatic carbocycles. The van der Waals surface area contributed by atoms with Gasteiger partial charge in [-0.2, -0.15) is 0 Å². The van der Waals surface area contributed by atoms with Crippen LogP contribution in [-0.4, -0.2) is 37.2 Å². The summed E-state index contributed by atoms with van der Waals surface area (Å²) in [6, 6.07) is 0. The van der Waals surface area contributed by atoms with Crippen molar-refractivity contribution < 1.29 is 28.6 Å². The number of allylic oxidation sites excluding steroid dienone is 22. The summed E-state index contributed by atoms with van der Waals surface area (Å²) in [7, 11) is 0. The molecule has 0 amide bonds. The molecule has 0 bridgehead atoms. The molecule has 1 unspecified atom stereocenters. The van der Waals surface area contributed by atoms with Gasteiger partial charge in [0.05, 0.1) is 0 Å². The monoisotopic (exact) mass is 1130 g/mol. The van der Waals surface area contributed by atoms with Gasteiger partial charge in [-0.3, -0.25) is 14.4 Å². The summed E-state index contributed by atoms with van der Waals surface area (Å²) in [5, 5.41) is 0. The largest absolute Gasteiger partial charge is 0.462 e. The molecule has 0 rings (SSSR count). The van der Waals surface area contributed by atoms with Crippen molar-refractivity contribution in [3.05, 3.63) is 134 Å². The number of ether oxygens (including phenoxy) is 3. The van der Waals surface area contributed by atoms with E-state index in [0.717, 1.165) is 141 Å². The maximum absolute atomic E-state index is 12.9. The summed E-state index contributed by atoms with van der Waals surface area (Å²) in [5.74, 6) is -0.903. The number of carbonyl (C=O) groups is 3. The first-order chi connectivity index (χ1) is 40.5. The summed E-state index contributed by atoms with van der Waals surface area (Å²) in [6.07, 6.45) is 98.0. The Morgan fingerprint density at radius 2 is 0.476 bits per heavy atom. The molecule has 0 spiro atoms. The fraction of sp³-hybridized carbons (Fsp3) is 0.671. The average molecular weight is 1140 g/mol. The second-order valence-electron chi connectivity index (χ2n) is 22.3. The van der Waals surface area contributed by atoms with Crippen molar-refractivity contribution in [1.29, 1.82) is 0 Å². The lowest BCUT2D eigenvalue weighted by molar-refractivity contribution is -0.167. The fourth-order valence-electron chi connectivity index (χ4n) is 9.36. The topological polar surface area (TPSA) is 78.9 Å². The van der Waals surface area contributed by atoms with Crippen molar-refractivity contribution in [3.8, 4) is 0 Å². The van der Waals surface area contributed by atoms with Crippen LogP contribution in [0.15, 0.2) is 134 Å². The van der Waals surface area contributed by atoms with Gasteiger partial charge in [0.1, 0.15) is 13.2 Å². The maximum Gasteiger partial charge on any atom is 0.306 e. The van der Waals surface area contributed by atoms with Gasteiger partial charge in [-0.25, -0.2) is 0 Å². The number of unbranched alkanes of at least 4 members (excludes halogenated alkanes) is 28. The predicted molar refractivity (Wildman–Crippen MR) is 357 cm³/mol. The second-order valence-corrected chi connectivity index (χ2v) is 22.3. The maximum atomic E-state index is 12.9. The first-order valence-corrected chi connectivity index (χ1v) is 34.2. The number of rotatable bonds is 61. The molecule has 1 atom stereocenters. The van der Waals surface area contributed by atoms with Crippen LogP contribution in [0, 0.1) is 0 Å². The third-order valence-corrected chi connectivity index (χ3v) is 14.4. The Labute approximate surface area is 506 Å². The van der Waals surface area contributed by atoms with Gasteiger partial charge in [0.25, 0.3) is 0 Å². The second kappa shape index (κ2) is 69.0. The highest BCUT2D eigenvalue weighted by Crippen LogP contribution is 2.17. The van der Waals surface area contributed by atoms with E-state index in [9.17, 15) is 14.4 Å². The molecule has 0 N–H and O–H groups in total. The number of esters is 3. The van der Waals surface area contributed by atoms with Crippen molar-refractivity contribution in [3.63, 3.8) is 0 Å². The molecule has 0 aromatic heterocycles. The van der Waals surface area contributed by atoms with Crippen molar-refractivity contribution in [2.45, 2.75) is 316 Å². The van der Waals surface area contributed by atoms with Gasteiger partial charge in [-0.1, -0.05) is 309 Å². The van der Waals surface area contributed by atoms with Crippen molar-refractivity contribution in [2.75, 3.05) is 13.2 Å². The molecule has 466 valence electrons. The molecule has 0 heterocycles. The lowest BCUT2D eigenvalue weighted by Gasteiger charge is -2.18. The molecule has 0 radical (unpaired) electrons. The van der Waals surface area contributed by atoms with E-state index in [2.05, 4.69) is 154 Å². The average Bonchev–Trinajstić information content (AvgIpc) is 3.47. The van der Waals surface area contributed by atoms with E-state index >= 15 is 0 Å². The van der Waals surface area contributed by atoms with Crippen LogP contribution in [0.4, 0.5) is 0 Å². The minimum atomic E-state index is -0.786. The van der Waals surface area contributed by atoms with E-state index < -0.39 is 6.10 Å². The van der Waals surface area contributed by atoms with Crippen LogP contribution in [-0.2, 0) is 28.6 Å². The van der Waals surface area contributed by atoms with Gasteiger partial charge in [0.2, 0.25) is 0 Å². The Morgan fingerprint density at radius 1 is 0.256 bits per heavy atom. The molecular weight excluding hydrogens is 1010 g/mol. The van der Waals surface area contributed by atoms with Gasteiger partial charge < -0.3 is 14.2 Å². The van der Waals surface area contributed by atoms with Gasteiger partial charge >= 0.3 is 17.9 Å². The Balaban J connectivity index is 4.06. The Morgan fingerprint density at radius 3 is 0.744 bits per heavy atom. The molecule has 0 fully saturated rings. The van der Waals surface area contributed by atoms with E-state index in [1.54, 1.807) is 0 Å². The minimum Gasteiger partial charge on any atom is -0.462 e. The quantitative estimate of drug-likeness (QED) is 0.0261. The first-order valence-electron chi connectivity index (χ1n) is 34.2. The summed E-state index contributed by atoms with van der Waals surface area (Å²) < 4.78 is 16.8. The summed E-state index contributed by atoms with van der Waals surface area (Å²) >= 11 is 0. The smallest absolute Gasteiger partial charge is 0.306 e. The van der Waals surface area contributed by atoms with E-state index in [1.807, 2.05) is 0 Å². The minimum absolute atomic E-state index is 0.0842. The zero-order valence-corrected chi connectivity index (χ0v) is 53.5. The zero-order chi connectivity index (χ0) is 59.2. The number of hydrogen-bond acceptors (Lipinski definition) is 6. The third-order valence-electron chi connectivity index (χ3n) is 14.4. The molecule has 0 aliphatic heterocycles. The van der Waals surface area contributed by atoms with Crippen LogP contribution in [0.3, 0.4) is 0 Å².